The number of hydrogen-bond acceptors (Lipinski definition) is 4. The summed E-state index contributed by atoms with van der Waals surface area (Å²) in [4.78, 5) is 14.9. The van der Waals surface area contributed by atoms with Gasteiger partial charge in [0.05, 0.1) is 6.61 Å². The Kier molecular flexibility index (Phi) is 3.14. The molecule has 68 valence electrons. The molecule has 0 unspecified atom stereocenters. The molecule has 1 aromatic rings. The normalized spacial score (nSPS) is 9.31. The molecule has 0 atom stereocenters. The van der Waals surface area contributed by atoms with Crippen LogP contribution >= 0.6 is 0 Å². The summed E-state index contributed by atoms with van der Waals surface area (Å²) in [6, 6.07) is 3.31. The molecule has 1 rings (SSSR count). The number of hydrogen-bond donors (Lipinski definition) is 1. The van der Waals surface area contributed by atoms with Gasteiger partial charge in [-0.25, -0.2) is 4.79 Å². The highest BCUT2D eigenvalue weighted by atomic mass is 16.5. The molecule has 0 amide bonds. The van der Waals surface area contributed by atoms with Gasteiger partial charge < -0.3 is 4.74 Å². The standard InChI is InChI=1S/C9H10N2O2/c1-2-13-9(12)8(10)7-4-3-5-11-6-7/h3-6,10H,2H2,1H3. The van der Waals surface area contributed by atoms with Crippen molar-refractivity contribution in [1.82, 2.24) is 4.98 Å². The third-order valence-electron chi connectivity index (χ3n) is 1.43. The van der Waals surface area contributed by atoms with E-state index in [-0.39, 0.29) is 12.3 Å². The first-order valence-electron chi connectivity index (χ1n) is 3.91. The van der Waals surface area contributed by atoms with E-state index in [0.717, 1.165) is 0 Å². The number of pyridine rings is 1. The molecule has 1 heterocycles. The van der Waals surface area contributed by atoms with E-state index in [4.69, 9.17) is 5.41 Å². The van der Waals surface area contributed by atoms with Gasteiger partial charge in [0, 0.05) is 18.0 Å². The van der Waals surface area contributed by atoms with Crippen molar-refractivity contribution in [2.75, 3.05) is 6.61 Å². The van der Waals surface area contributed by atoms with E-state index in [0.29, 0.717) is 5.56 Å². The first-order chi connectivity index (χ1) is 6.25. The third-order valence-corrected chi connectivity index (χ3v) is 1.43. The monoisotopic (exact) mass is 178 g/mol. The summed E-state index contributed by atoms with van der Waals surface area (Å²) in [5, 5.41) is 7.42. The second kappa shape index (κ2) is 4.35. The first kappa shape index (κ1) is 9.38. The van der Waals surface area contributed by atoms with Crippen molar-refractivity contribution in [3.63, 3.8) is 0 Å². The van der Waals surface area contributed by atoms with E-state index < -0.39 is 5.97 Å². The summed E-state index contributed by atoms with van der Waals surface area (Å²) in [7, 11) is 0. The Labute approximate surface area is 76.1 Å². The quantitative estimate of drug-likeness (QED) is 0.555. The molecule has 0 saturated heterocycles. The average molecular weight is 178 g/mol. The van der Waals surface area contributed by atoms with Crippen LogP contribution in [0.15, 0.2) is 24.5 Å². The number of nitrogens with one attached hydrogen (secondary N) is 1. The van der Waals surface area contributed by atoms with E-state index in [9.17, 15) is 4.79 Å². The minimum atomic E-state index is -0.615. The number of ether oxygens (including phenoxy) is 1. The second-order valence-corrected chi connectivity index (χ2v) is 2.34. The zero-order valence-corrected chi connectivity index (χ0v) is 7.28. The molecule has 1 N–H and O–H groups in total. The van der Waals surface area contributed by atoms with Crippen LogP contribution in [0.25, 0.3) is 0 Å². The maximum Gasteiger partial charge on any atom is 0.356 e. The van der Waals surface area contributed by atoms with E-state index in [1.54, 1.807) is 25.3 Å². The van der Waals surface area contributed by atoms with Gasteiger partial charge in [-0.05, 0) is 19.1 Å². The third kappa shape index (κ3) is 2.37. The van der Waals surface area contributed by atoms with Crippen LogP contribution in [0.4, 0.5) is 0 Å². The highest BCUT2D eigenvalue weighted by molar-refractivity contribution is 6.41. The van der Waals surface area contributed by atoms with Crippen molar-refractivity contribution in [2.24, 2.45) is 0 Å². The topological polar surface area (TPSA) is 63.0 Å². The van der Waals surface area contributed by atoms with Crippen LogP contribution in [0, 0.1) is 5.41 Å². The van der Waals surface area contributed by atoms with Crippen LogP contribution in [-0.4, -0.2) is 23.3 Å². The largest absolute Gasteiger partial charge is 0.461 e. The molecule has 0 fully saturated rings. The summed E-state index contributed by atoms with van der Waals surface area (Å²) in [6.07, 6.45) is 3.04. The lowest BCUT2D eigenvalue weighted by Gasteiger charge is -2.01. The van der Waals surface area contributed by atoms with E-state index >= 15 is 0 Å². The number of nitrogens with zero attached hydrogens (tertiary/aromatic N) is 1. The summed E-state index contributed by atoms with van der Waals surface area (Å²) in [5.74, 6) is -0.615. The Hall–Kier alpha value is -1.71. The van der Waals surface area contributed by atoms with Gasteiger partial charge in [-0.1, -0.05) is 0 Å². The van der Waals surface area contributed by atoms with Gasteiger partial charge in [-0.3, -0.25) is 10.4 Å². The fourth-order valence-corrected chi connectivity index (χ4v) is 0.832. The van der Waals surface area contributed by atoms with Crippen molar-refractivity contribution in [1.29, 1.82) is 5.41 Å². The minimum absolute atomic E-state index is 0.157. The van der Waals surface area contributed by atoms with Crippen LogP contribution in [-0.2, 0) is 9.53 Å². The Balaban J connectivity index is 2.74. The SMILES string of the molecule is CCOC(=O)C(=N)c1cccnc1. The fraction of sp³-hybridized carbons (Fsp3) is 0.222. The molecule has 4 nitrogen and oxygen atoms in total. The van der Waals surface area contributed by atoms with Crippen molar-refractivity contribution < 1.29 is 9.53 Å². The lowest BCUT2D eigenvalue weighted by Crippen LogP contribution is -2.17. The van der Waals surface area contributed by atoms with Gasteiger partial charge in [0.1, 0.15) is 5.71 Å². The molecule has 0 spiro atoms. The summed E-state index contributed by atoms with van der Waals surface area (Å²) in [5.41, 5.74) is 0.316. The number of carbonyl (C=O) groups excluding carboxylic acids is 1. The molecule has 0 aromatic carbocycles. The van der Waals surface area contributed by atoms with Crippen LogP contribution in [0.2, 0.25) is 0 Å². The lowest BCUT2D eigenvalue weighted by atomic mass is 10.2. The predicted molar refractivity (Wildman–Crippen MR) is 47.7 cm³/mol. The van der Waals surface area contributed by atoms with Crippen LogP contribution in [0.3, 0.4) is 0 Å². The number of aromatic nitrogens is 1. The smallest absolute Gasteiger partial charge is 0.356 e. The maximum atomic E-state index is 11.1. The zero-order valence-electron chi connectivity index (χ0n) is 7.28. The molecule has 0 bridgehead atoms. The van der Waals surface area contributed by atoms with Gasteiger partial charge in [0.25, 0.3) is 0 Å². The average Bonchev–Trinajstić information content (AvgIpc) is 2.18. The molecule has 1 aromatic heterocycles. The van der Waals surface area contributed by atoms with E-state index in [1.165, 1.54) is 6.20 Å². The molecule has 4 heteroatoms. The van der Waals surface area contributed by atoms with E-state index in [2.05, 4.69) is 9.72 Å². The number of esters is 1. The summed E-state index contributed by atoms with van der Waals surface area (Å²) in [6.45, 7) is 1.98. The molecule has 0 saturated carbocycles. The highest BCUT2D eigenvalue weighted by Gasteiger charge is 2.11. The number of rotatable bonds is 3. The van der Waals surface area contributed by atoms with Gasteiger partial charge in [-0.15, -0.1) is 0 Å². The van der Waals surface area contributed by atoms with Crippen molar-refractivity contribution in [2.45, 2.75) is 6.92 Å². The van der Waals surface area contributed by atoms with Crippen molar-refractivity contribution in [3.8, 4) is 0 Å². The van der Waals surface area contributed by atoms with Crippen LogP contribution in [0.1, 0.15) is 12.5 Å². The Bertz CT molecular complexity index is 309. The Morgan fingerprint density at radius 2 is 2.46 bits per heavy atom. The van der Waals surface area contributed by atoms with E-state index in [1.807, 2.05) is 0 Å². The van der Waals surface area contributed by atoms with Crippen molar-refractivity contribution in [3.05, 3.63) is 30.1 Å². The molecule has 13 heavy (non-hydrogen) atoms. The molecule has 0 aliphatic heterocycles. The molecular weight excluding hydrogens is 168 g/mol. The lowest BCUT2D eigenvalue weighted by molar-refractivity contribution is -0.135. The molecule has 0 aliphatic carbocycles. The zero-order chi connectivity index (χ0) is 9.68. The van der Waals surface area contributed by atoms with Gasteiger partial charge in [-0.2, -0.15) is 0 Å². The molecule has 0 radical (unpaired) electrons. The summed E-state index contributed by atoms with van der Waals surface area (Å²) >= 11 is 0. The maximum absolute atomic E-state index is 11.1. The fourth-order valence-electron chi connectivity index (χ4n) is 0.832. The van der Waals surface area contributed by atoms with Gasteiger partial charge >= 0.3 is 5.97 Å². The Morgan fingerprint density at radius 3 is 3.00 bits per heavy atom. The van der Waals surface area contributed by atoms with Gasteiger partial charge in [0.15, 0.2) is 0 Å². The van der Waals surface area contributed by atoms with Gasteiger partial charge in [0.2, 0.25) is 0 Å². The first-order valence-corrected chi connectivity index (χ1v) is 3.91. The minimum Gasteiger partial charge on any atom is -0.461 e. The summed E-state index contributed by atoms with van der Waals surface area (Å²) < 4.78 is 4.67. The second-order valence-electron chi connectivity index (χ2n) is 2.34. The Morgan fingerprint density at radius 1 is 1.69 bits per heavy atom. The molecule has 0 aliphatic rings. The number of carbonyl (C=O) groups is 1. The van der Waals surface area contributed by atoms with Crippen LogP contribution in [0.5, 0.6) is 0 Å². The van der Waals surface area contributed by atoms with Crippen molar-refractivity contribution >= 4 is 11.7 Å². The van der Waals surface area contributed by atoms with Crippen LogP contribution < -0.4 is 0 Å². The predicted octanol–water partition coefficient (Wildman–Crippen LogP) is 1.01. The highest BCUT2D eigenvalue weighted by Crippen LogP contribution is 1.98. The molecular formula is C9H10N2O2.